The highest BCUT2D eigenvalue weighted by atomic mass is 32.2. The van der Waals surface area contributed by atoms with Gasteiger partial charge in [0, 0.05) is 30.2 Å². The molecule has 2 saturated heterocycles. The van der Waals surface area contributed by atoms with Gasteiger partial charge in [-0.05, 0) is 24.1 Å². The molecule has 2 fully saturated rings. The van der Waals surface area contributed by atoms with Crippen LogP contribution in [0.3, 0.4) is 0 Å². The molecule has 0 aliphatic carbocycles. The summed E-state index contributed by atoms with van der Waals surface area (Å²) in [6.07, 6.45) is 1.84. The molecule has 11 heteroatoms. The van der Waals surface area contributed by atoms with Gasteiger partial charge in [0.2, 0.25) is 5.03 Å². The molecule has 1 aromatic carbocycles. The second-order valence-electron chi connectivity index (χ2n) is 7.53. The van der Waals surface area contributed by atoms with Crippen LogP contribution in [0.25, 0.3) is 0 Å². The van der Waals surface area contributed by atoms with Crippen LogP contribution in [0, 0.1) is 17.6 Å². The highest BCUT2D eigenvalue weighted by molar-refractivity contribution is 7.90. The van der Waals surface area contributed by atoms with E-state index >= 15 is 4.39 Å². The molecule has 1 aromatic heterocycles. The van der Waals surface area contributed by atoms with Gasteiger partial charge in [-0.2, -0.15) is 4.98 Å². The van der Waals surface area contributed by atoms with Crippen molar-refractivity contribution < 1.29 is 27.4 Å². The zero-order valence-corrected chi connectivity index (χ0v) is 17.5. The first-order valence-corrected chi connectivity index (χ1v) is 11.4. The number of carbonyl (C=O) groups excluding carboxylic acids is 1. The van der Waals surface area contributed by atoms with Gasteiger partial charge in [-0.3, -0.25) is 9.63 Å². The van der Waals surface area contributed by atoms with Crippen molar-refractivity contribution in [2.24, 2.45) is 5.92 Å². The molecule has 0 spiro atoms. The molecular weight excluding hydrogens is 433 g/mol. The van der Waals surface area contributed by atoms with Crippen molar-refractivity contribution in [3.8, 4) is 0 Å². The number of hydroxylamine groups is 2. The van der Waals surface area contributed by atoms with Crippen LogP contribution in [0.2, 0.25) is 0 Å². The van der Waals surface area contributed by atoms with E-state index in [4.69, 9.17) is 4.84 Å². The first-order chi connectivity index (χ1) is 14.8. The molecule has 4 rings (SSSR count). The molecule has 0 bridgehead atoms. The van der Waals surface area contributed by atoms with Crippen molar-refractivity contribution in [3.63, 3.8) is 0 Å². The molecule has 7 nitrogen and oxygen atoms in total. The van der Waals surface area contributed by atoms with Crippen LogP contribution in [-0.2, 0) is 20.8 Å². The highest BCUT2D eigenvalue weighted by Gasteiger charge is 2.42. The van der Waals surface area contributed by atoms with E-state index in [2.05, 4.69) is 9.97 Å². The molecule has 2 aromatic rings. The van der Waals surface area contributed by atoms with Crippen molar-refractivity contribution in [2.45, 2.75) is 30.1 Å². The van der Waals surface area contributed by atoms with Gasteiger partial charge >= 0.3 is 0 Å². The van der Waals surface area contributed by atoms with E-state index in [0.29, 0.717) is 23.8 Å². The maximum absolute atomic E-state index is 15.0. The van der Waals surface area contributed by atoms with Crippen LogP contribution in [0.5, 0.6) is 0 Å². The lowest BCUT2D eigenvalue weighted by Gasteiger charge is -2.36. The number of nitrogens with zero attached hydrogens (tertiary/aromatic N) is 4. The zero-order valence-electron chi connectivity index (χ0n) is 16.7. The van der Waals surface area contributed by atoms with Crippen molar-refractivity contribution in [1.82, 2.24) is 15.0 Å². The lowest BCUT2D eigenvalue weighted by Crippen LogP contribution is -2.49. The Hall–Kier alpha value is -2.37. The Balaban J connectivity index is 1.47. The minimum atomic E-state index is -1.50. The molecule has 166 valence electrons. The number of carbonyl (C=O) groups is 1. The van der Waals surface area contributed by atoms with Crippen LogP contribution in [0.1, 0.15) is 24.4 Å². The van der Waals surface area contributed by atoms with Crippen molar-refractivity contribution >= 4 is 22.9 Å². The van der Waals surface area contributed by atoms with Gasteiger partial charge in [0.25, 0.3) is 5.91 Å². The molecule has 31 heavy (non-hydrogen) atoms. The van der Waals surface area contributed by atoms with E-state index in [1.54, 1.807) is 11.0 Å². The maximum atomic E-state index is 15.0. The third-order valence-corrected chi connectivity index (χ3v) is 6.31. The Morgan fingerprint density at radius 2 is 1.94 bits per heavy atom. The molecule has 3 heterocycles. The van der Waals surface area contributed by atoms with Gasteiger partial charge in [0.1, 0.15) is 36.2 Å². The lowest BCUT2D eigenvalue weighted by atomic mass is 9.93. The fourth-order valence-electron chi connectivity index (χ4n) is 3.97. The summed E-state index contributed by atoms with van der Waals surface area (Å²) >= 11 is -1.30. The minimum absolute atomic E-state index is 0.0731. The molecule has 1 unspecified atom stereocenters. The third-order valence-electron chi connectivity index (χ3n) is 5.50. The summed E-state index contributed by atoms with van der Waals surface area (Å²) in [5.41, 5.74) is 0.275. The average Bonchev–Trinajstić information content (AvgIpc) is 3.22. The summed E-state index contributed by atoms with van der Waals surface area (Å²) in [7, 11) is 0. The molecule has 1 amide bonds. The van der Waals surface area contributed by atoms with E-state index in [0.717, 1.165) is 23.3 Å². The number of aromatic nitrogens is 2. The number of amides is 1. The van der Waals surface area contributed by atoms with E-state index in [1.807, 2.05) is 0 Å². The minimum Gasteiger partial charge on any atom is -0.610 e. The van der Waals surface area contributed by atoms with Crippen LogP contribution in [0.15, 0.2) is 35.6 Å². The standard InChI is InChI=1S/C20H21F3N4O3S/c1-31(29)19-9-18(24-11-25-19)26-4-2-15(16(23)10-26)20(28)27-17(3-5-30-27)12-6-13(21)8-14(22)7-12/h6-9,11,15-17H,2-5,10H2,1H3/t15-,16+,17?,31-/m1/s1. The summed E-state index contributed by atoms with van der Waals surface area (Å²) in [5, 5.41) is 1.40. The fourth-order valence-corrected chi connectivity index (χ4v) is 4.44. The summed E-state index contributed by atoms with van der Waals surface area (Å²) in [5.74, 6) is -2.54. The monoisotopic (exact) mass is 454 g/mol. The summed E-state index contributed by atoms with van der Waals surface area (Å²) in [6, 6.07) is 3.94. The van der Waals surface area contributed by atoms with Crippen LogP contribution in [0.4, 0.5) is 19.0 Å². The first kappa shape index (κ1) is 21.8. The van der Waals surface area contributed by atoms with Gasteiger partial charge in [0.05, 0.1) is 31.2 Å². The number of alkyl halides is 1. The van der Waals surface area contributed by atoms with Gasteiger partial charge in [-0.15, -0.1) is 0 Å². The molecule has 2 aliphatic heterocycles. The fraction of sp³-hybridized carbons (Fsp3) is 0.450. The van der Waals surface area contributed by atoms with Crippen molar-refractivity contribution in [3.05, 3.63) is 47.8 Å². The zero-order chi connectivity index (χ0) is 22.1. The Kier molecular flexibility index (Phi) is 6.35. The summed E-state index contributed by atoms with van der Waals surface area (Å²) < 4.78 is 53.9. The normalized spacial score (nSPS) is 25.0. The summed E-state index contributed by atoms with van der Waals surface area (Å²) in [6.45, 7) is 0.481. The smallest absolute Gasteiger partial charge is 0.252 e. The maximum Gasteiger partial charge on any atom is 0.252 e. The van der Waals surface area contributed by atoms with Crippen molar-refractivity contribution in [1.29, 1.82) is 0 Å². The predicted octanol–water partition coefficient (Wildman–Crippen LogP) is 2.56. The Morgan fingerprint density at radius 3 is 2.61 bits per heavy atom. The number of hydrogen-bond acceptors (Lipinski definition) is 6. The van der Waals surface area contributed by atoms with Gasteiger partial charge < -0.3 is 9.45 Å². The molecule has 0 N–H and O–H groups in total. The largest absolute Gasteiger partial charge is 0.610 e. The highest BCUT2D eigenvalue weighted by Crippen LogP contribution is 2.35. The van der Waals surface area contributed by atoms with Crippen LogP contribution in [-0.4, -0.2) is 57.6 Å². The number of halogens is 3. The lowest BCUT2D eigenvalue weighted by molar-refractivity contribution is -0.184. The van der Waals surface area contributed by atoms with Gasteiger partial charge in [-0.1, -0.05) is 0 Å². The van der Waals surface area contributed by atoms with Gasteiger partial charge in [-0.25, -0.2) is 23.2 Å². The van der Waals surface area contributed by atoms with Crippen LogP contribution >= 0.6 is 0 Å². The van der Waals surface area contributed by atoms with E-state index in [9.17, 15) is 18.1 Å². The molecule has 0 radical (unpaired) electrons. The number of hydrogen-bond donors (Lipinski definition) is 0. The molecular formula is C20H21F3N4O3S. The third kappa shape index (κ3) is 4.63. The second-order valence-corrected chi connectivity index (χ2v) is 8.86. The quantitative estimate of drug-likeness (QED) is 0.522. The number of rotatable bonds is 4. The molecule has 4 atom stereocenters. The predicted molar refractivity (Wildman–Crippen MR) is 106 cm³/mol. The average molecular weight is 454 g/mol. The van der Waals surface area contributed by atoms with Crippen molar-refractivity contribution in [2.75, 3.05) is 30.9 Å². The number of benzene rings is 1. The topological polar surface area (TPSA) is 81.6 Å². The Labute approximate surface area is 180 Å². The Bertz CT molecular complexity index is 947. The summed E-state index contributed by atoms with van der Waals surface area (Å²) in [4.78, 5) is 28.2. The second kappa shape index (κ2) is 9.01. The Morgan fingerprint density at radius 1 is 1.19 bits per heavy atom. The van der Waals surface area contributed by atoms with E-state index in [-0.39, 0.29) is 25.1 Å². The first-order valence-electron chi connectivity index (χ1n) is 9.80. The van der Waals surface area contributed by atoms with Gasteiger partial charge in [0.15, 0.2) is 0 Å². The SMILES string of the molecule is C[S@@+]([O-])c1cc(N2CC[C@@H](C(=O)N3OCCC3c3cc(F)cc(F)c3)[C@@H](F)C2)ncn1. The number of piperidine rings is 1. The van der Waals surface area contributed by atoms with E-state index < -0.39 is 46.8 Å². The van der Waals surface area contributed by atoms with Crippen LogP contribution < -0.4 is 4.90 Å². The van der Waals surface area contributed by atoms with E-state index in [1.165, 1.54) is 12.6 Å². The number of anilines is 1. The molecule has 0 saturated carbocycles. The molecule has 2 aliphatic rings.